The van der Waals surface area contributed by atoms with E-state index in [0.717, 1.165) is 17.4 Å². The van der Waals surface area contributed by atoms with Gasteiger partial charge in [0.1, 0.15) is 12.9 Å². The smallest absolute Gasteiger partial charge is 0.338 e. The summed E-state index contributed by atoms with van der Waals surface area (Å²) < 4.78 is 25.9. The Balaban J connectivity index is 0.000000270. The zero-order chi connectivity index (χ0) is 25.4. The molecule has 4 rings (SSSR count). The summed E-state index contributed by atoms with van der Waals surface area (Å²) in [6, 6.07) is 14.4. The van der Waals surface area contributed by atoms with Gasteiger partial charge < -0.3 is 23.7 Å². The predicted octanol–water partition coefficient (Wildman–Crippen LogP) is 3.97. The summed E-state index contributed by atoms with van der Waals surface area (Å²) in [4.78, 5) is 22.1. The number of aldehydes is 1. The quantitative estimate of drug-likeness (QED) is 0.194. The van der Waals surface area contributed by atoms with Crippen molar-refractivity contribution in [2.75, 3.05) is 60.0 Å². The maximum absolute atomic E-state index is 11.9. The summed E-state index contributed by atoms with van der Waals surface area (Å²) >= 11 is 0. The first-order chi connectivity index (χ1) is 17.7. The normalized spacial score (nSPS) is 13.7. The highest BCUT2D eigenvalue weighted by Gasteiger charge is 2.19. The van der Waals surface area contributed by atoms with Crippen molar-refractivity contribution in [3.05, 3.63) is 70.8 Å². The van der Waals surface area contributed by atoms with Gasteiger partial charge in [-0.15, -0.1) is 0 Å². The fraction of sp³-hybridized carbons (Fsp3) is 0.440. The minimum absolute atomic E-state index is 0.0377. The van der Waals surface area contributed by atoms with Crippen LogP contribution in [0.3, 0.4) is 0 Å². The highest BCUT2D eigenvalue weighted by Crippen LogP contribution is 2.31. The van der Waals surface area contributed by atoms with Crippen molar-refractivity contribution >= 4 is 12.3 Å². The van der Waals surface area contributed by atoms with Crippen molar-refractivity contribution in [2.45, 2.75) is 12.3 Å². The largest absolute Gasteiger partial charge is 0.460 e. The van der Waals surface area contributed by atoms with Gasteiger partial charge in [-0.3, -0.25) is 4.79 Å². The number of esters is 1. The average Bonchev–Trinajstić information content (AvgIpc) is 3.83. The summed E-state index contributed by atoms with van der Waals surface area (Å²) in [6.45, 7) is 3.64. The molecule has 0 atom stereocenters. The molecule has 0 saturated carbocycles. The molecule has 0 spiro atoms. The van der Waals surface area contributed by atoms with Crippen LogP contribution in [0.15, 0.2) is 69.0 Å². The minimum Gasteiger partial charge on any atom is -0.460 e. The fourth-order valence-electron chi connectivity index (χ4n) is 2.83. The van der Waals surface area contributed by atoms with Crippen LogP contribution < -0.4 is 0 Å². The minimum atomic E-state index is -0.371. The van der Waals surface area contributed by atoms with Crippen molar-refractivity contribution in [3.63, 3.8) is 0 Å². The third-order valence-corrected chi connectivity index (χ3v) is 4.91. The molecule has 11 nitrogen and oxygen atoms in total. The highest BCUT2D eigenvalue weighted by atomic mass is 16.6. The lowest BCUT2D eigenvalue weighted by atomic mass is 10.1. The van der Waals surface area contributed by atoms with Crippen LogP contribution in [0.4, 0.5) is 0 Å². The van der Waals surface area contributed by atoms with Gasteiger partial charge in [0.05, 0.1) is 51.8 Å². The molecule has 0 unspecified atom stereocenters. The summed E-state index contributed by atoms with van der Waals surface area (Å²) in [7, 11) is 1.63. The molecular formula is C25H30N4O7. The van der Waals surface area contributed by atoms with E-state index in [1.165, 1.54) is 0 Å². The van der Waals surface area contributed by atoms with Crippen LogP contribution in [0, 0.1) is 0 Å². The first kappa shape index (κ1) is 27.2. The van der Waals surface area contributed by atoms with Gasteiger partial charge in [0.25, 0.3) is 0 Å². The van der Waals surface area contributed by atoms with E-state index in [9.17, 15) is 9.59 Å². The van der Waals surface area contributed by atoms with E-state index in [4.69, 9.17) is 23.7 Å². The molecule has 2 aliphatic heterocycles. The number of methoxy groups -OCH3 is 1. The topological polar surface area (TPSA) is 130 Å². The maximum atomic E-state index is 11.9. The van der Waals surface area contributed by atoms with Gasteiger partial charge >= 0.3 is 5.97 Å². The molecular weight excluding hydrogens is 468 g/mol. The van der Waals surface area contributed by atoms with Crippen LogP contribution in [-0.2, 0) is 23.7 Å². The number of carbonyl (C=O) groups excluding carboxylic acids is 2. The Bertz CT molecular complexity index is 984. The van der Waals surface area contributed by atoms with E-state index >= 15 is 0 Å². The Morgan fingerprint density at radius 1 is 0.694 bits per heavy atom. The van der Waals surface area contributed by atoms with Crippen LogP contribution in [0.2, 0.25) is 0 Å². The van der Waals surface area contributed by atoms with Gasteiger partial charge in [0.15, 0.2) is 0 Å². The lowest BCUT2D eigenvalue weighted by molar-refractivity contribution is -0.00551. The molecule has 11 heteroatoms. The number of ether oxygens (including phenoxy) is 5. The number of rotatable bonds is 16. The van der Waals surface area contributed by atoms with Gasteiger partial charge in [-0.1, -0.05) is 36.4 Å². The number of hydrogen-bond acceptors (Lipinski definition) is 11. The van der Waals surface area contributed by atoms with Gasteiger partial charge in [-0.05, 0) is 12.1 Å². The molecule has 0 amide bonds. The van der Waals surface area contributed by atoms with Gasteiger partial charge in [0, 0.05) is 23.8 Å². The molecule has 0 N–H and O–H groups in total. The Hall–Kier alpha value is -3.38. The Morgan fingerprint density at radius 2 is 1.14 bits per heavy atom. The third kappa shape index (κ3) is 10.5. The van der Waals surface area contributed by atoms with E-state index in [2.05, 4.69) is 20.5 Å². The summed E-state index contributed by atoms with van der Waals surface area (Å²) in [5.41, 5.74) is 3.22. The molecule has 0 aromatic heterocycles. The molecule has 0 saturated heterocycles. The van der Waals surface area contributed by atoms with E-state index in [1.54, 1.807) is 31.4 Å². The molecule has 0 radical (unpaired) electrons. The Labute approximate surface area is 209 Å². The fourth-order valence-corrected chi connectivity index (χ4v) is 2.83. The van der Waals surface area contributed by atoms with Crippen LogP contribution >= 0.6 is 0 Å². The second-order valence-electron chi connectivity index (χ2n) is 7.58. The van der Waals surface area contributed by atoms with Crippen LogP contribution in [0.25, 0.3) is 0 Å². The number of nitrogens with zero attached hydrogens (tertiary/aromatic N) is 4. The van der Waals surface area contributed by atoms with E-state index in [0.29, 0.717) is 57.4 Å². The van der Waals surface area contributed by atoms with Gasteiger partial charge in [-0.2, -0.15) is 20.5 Å². The van der Waals surface area contributed by atoms with Crippen molar-refractivity contribution < 1.29 is 33.3 Å². The van der Waals surface area contributed by atoms with Crippen LogP contribution in [0.1, 0.15) is 44.2 Å². The lowest BCUT2D eigenvalue weighted by Crippen LogP contribution is -2.14. The van der Waals surface area contributed by atoms with E-state index < -0.39 is 0 Å². The van der Waals surface area contributed by atoms with Crippen LogP contribution in [0.5, 0.6) is 0 Å². The third-order valence-electron chi connectivity index (χ3n) is 4.91. The zero-order valence-electron chi connectivity index (χ0n) is 20.2. The van der Waals surface area contributed by atoms with Crippen molar-refractivity contribution in [2.24, 2.45) is 20.5 Å². The molecule has 2 aliphatic rings. The first-order valence-electron chi connectivity index (χ1n) is 11.6. The molecule has 192 valence electrons. The molecule has 2 aromatic carbocycles. The second kappa shape index (κ2) is 15.6. The Kier molecular flexibility index (Phi) is 11.8. The molecule has 2 heterocycles. The molecule has 0 aliphatic carbocycles. The second-order valence-corrected chi connectivity index (χ2v) is 7.58. The molecule has 36 heavy (non-hydrogen) atoms. The molecule has 2 aromatic rings. The van der Waals surface area contributed by atoms with Gasteiger partial charge in [0.2, 0.25) is 12.3 Å². The number of carbonyl (C=O) groups is 2. The van der Waals surface area contributed by atoms with E-state index in [-0.39, 0.29) is 24.9 Å². The summed E-state index contributed by atoms with van der Waals surface area (Å²) in [5, 5.41) is 15.2. The number of benzene rings is 2. The first-order valence-corrected chi connectivity index (χ1v) is 11.6. The zero-order valence-corrected chi connectivity index (χ0v) is 20.2. The summed E-state index contributed by atoms with van der Waals surface area (Å²) in [5.74, 6) is -0.371. The van der Waals surface area contributed by atoms with Crippen LogP contribution in [-0.4, -0.2) is 72.2 Å². The number of hydrogen-bond donors (Lipinski definition) is 0. The van der Waals surface area contributed by atoms with Crippen molar-refractivity contribution in [1.29, 1.82) is 0 Å². The van der Waals surface area contributed by atoms with Crippen molar-refractivity contribution in [1.82, 2.24) is 0 Å². The highest BCUT2D eigenvalue weighted by molar-refractivity contribution is 5.89. The van der Waals surface area contributed by atoms with Crippen molar-refractivity contribution in [3.8, 4) is 0 Å². The predicted molar refractivity (Wildman–Crippen MR) is 128 cm³/mol. The standard InChI is InChI=1S/C17H24N2O6.C8H6N2O/c1-21-6-7-22-8-9-23-10-11-24-12-13-25-17(20)15-4-2-14(3-5-15)16-18-19-16;11-5-6-1-3-7(4-2-6)8-9-10-8/h2-5,16H,6-13H2,1H3;1-5,8H. The maximum Gasteiger partial charge on any atom is 0.338 e. The average molecular weight is 499 g/mol. The molecule has 0 fully saturated rings. The Morgan fingerprint density at radius 3 is 1.58 bits per heavy atom. The lowest BCUT2D eigenvalue weighted by Gasteiger charge is -2.07. The monoisotopic (exact) mass is 498 g/mol. The van der Waals surface area contributed by atoms with E-state index in [1.807, 2.05) is 24.3 Å². The van der Waals surface area contributed by atoms with Gasteiger partial charge in [-0.25, -0.2) is 4.79 Å². The summed E-state index contributed by atoms with van der Waals surface area (Å²) in [6.07, 6.45) is 0.804. The molecule has 0 bridgehead atoms. The SMILES string of the molecule is COCCOCCOCCOCCOC(=O)c1ccc(C2N=N2)cc1.O=Cc1ccc(C2N=N2)cc1.